The molecule has 1 aliphatic heterocycles. The number of amides is 1. The maximum Gasteiger partial charge on any atom is 0.269 e. The lowest BCUT2D eigenvalue weighted by atomic mass is 9.89. The molecule has 6 nitrogen and oxygen atoms in total. The molecule has 1 saturated heterocycles. The number of nitro groups is 1. The van der Waals surface area contributed by atoms with Crippen LogP contribution >= 0.6 is 11.6 Å². The van der Waals surface area contributed by atoms with Crippen LogP contribution < -0.4 is 5.32 Å². The van der Waals surface area contributed by atoms with Crippen LogP contribution in [0.3, 0.4) is 0 Å². The summed E-state index contributed by atoms with van der Waals surface area (Å²) in [5.74, 6) is 0.538. The number of nitrogens with zero attached hydrogens (tertiary/aromatic N) is 2. The Kier molecular flexibility index (Phi) is 6.88. The number of likely N-dealkylation sites (tertiary alicyclic amines) is 1. The van der Waals surface area contributed by atoms with E-state index in [0.29, 0.717) is 17.5 Å². The molecule has 1 N–H and O–H groups in total. The lowest BCUT2D eigenvalue weighted by molar-refractivity contribution is -0.384. The van der Waals surface area contributed by atoms with Gasteiger partial charge in [-0.25, -0.2) is 0 Å². The highest BCUT2D eigenvalue weighted by Crippen LogP contribution is 2.30. The number of nitrogens with one attached hydrogen (secondary N) is 1. The van der Waals surface area contributed by atoms with Gasteiger partial charge in [0.2, 0.25) is 0 Å². The third-order valence-electron chi connectivity index (χ3n) is 6.69. The first-order valence-electron chi connectivity index (χ1n) is 11.0. The number of hydrogen-bond acceptors (Lipinski definition) is 4. The molecule has 0 radical (unpaired) electrons. The van der Waals surface area contributed by atoms with Gasteiger partial charge in [0, 0.05) is 34.8 Å². The van der Waals surface area contributed by atoms with Crippen LogP contribution in [-0.2, 0) is 6.42 Å². The Morgan fingerprint density at radius 3 is 2.35 bits per heavy atom. The third kappa shape index (κ3) is 5.43. The minimum Gasteiger partial charge on any atom is -0.348 e. The van der Waals surface area contributed by atoms with Gasteiger partial charge in [-0.15, -0.1) is 0 Å². The van der Waals surface area contributed by atoms with Crippen molar-refractivity contribution in [1.82, 2.24) is 10.2 Å². The highest BCUT2D eigenvalue weighted by atomic mass is 35.5. The molecule has 0 spiro atoms. The van der Waals surface area contributed by atoms with Crippen LogP contribution in [0.1, 0.15) is 48.0 Å². The van der Waals surface area contributed by atoms with E-state index in [-0.39, 0.29) is 17.6 Å². The Balaban J connectivity index is 1.30. The zero-order valence-corrected chi connectivity index (χ0v) is 18.3. The number of rotatable bonds is 6. The summed E-state index contributed by atoms with van der Waals surface area (Å²) in [4.78, 5) is 25.6. The van der Waals surface area contributed by atoms with Crippen LogP contribution in [0.4, 0.5) is 5.69 Å². The fourth-order valence-corrected chi connectivity index (χ4v) is 5.10. The predicted octanol–water partition coefficient (Wildman–Crippen LogP) is 4.85. The summed E-state index contributed by atoms with van der Waals surface area (Å²) >= 11 is 5.99. The van der Waals surface area contributed by atoms with E-state index in [1.54, 1.807) is 0 Å². The van der Waals surface area contributed by atoms with Crippen LogP contribution in [0.15, 0.2) is 48.5 Å². The number of benzene rings is 2. The van der Waals surface area contributed by atoms with Gasteiger partial charge in [-0.1, -0.05) is 23.7 Å². The number of carbonyl (C=O) groups excluding carboxylic acids is 1. The van der Waals surface area contributed by atoms with E-state index < -0.39 is 4.92 Å². The number of nitro benzene ring substituents is 1. The van der Waals surface area contributed by atoms with Crippen molar-refractivity contribution in [2.45, 2.75) is 50.6 Å². The van der Waals surface area contributed by atoms with E-state index in [4.69, 9.17) is 11.6 Å². The van der Waals surface area contributed by atoms with Gasteiger partial charge in [-0.3, -0.25) is 19.8 Å². The molecule has 4 rings (SSSR count). The molecule has 2 aliphatic rings. The average molecular weight is 442 g/mol. The average Bonchev–Trinajstić information content (AvgIpc) is 3.24. The molecule has 0 unspecified atom stereocenters. The van der Waals surface area contributed by atoms with Gasteiger partial charge in [0.25, 0.3) is 11.6 Å². The van der Waals surface area contributed by atoms with E-state index in [9.17, 15) is 14.9 Å². The van der Waals surface area contributed by atoms with Gasteiger partial charge in [0.05, 0.1) is 4.92 Å². The fraction of sp³-hybridized carbons (Fsp3) is 0.458. The summed E-state index contributed by atoms with van der Waals surface area (Å²) < 4.78 is 0. The Bertz CT molecular complexity index is 909. The predicted molar refractivity (Wildman–Crippen MR) is 121 cm³/mol. The number of hydrogen-bond donors (Lipinski definition) is 1. The molecule has 1 heterocycles. The number of halogens is 1. The van der Waals surface area contributed by atoms with E-state index in [0.717, 1.165) is 43.8 Å². The summed E-state index contributed by atoms with van der Waals surface area (Å²) in [6.45, 7) is 2.12. The van der Waals surface area contributed by atoms with Crippen LogP contribution in [-0.4, -0.2) is 40.9 Å². The van der Waals surface area contributed by atoms with Gasteiger partial charge < -0.3 is 5.32 Å². The van der Waals surface area contributed by atoms with E-state index in [1.165, 1.54) is 42.7 Å². The van der Waals surface area contributed by atoms with Crippen molar-refractivity contribution < 1.29 is 9.72 Å². The molecule has 0 bridgehead atoms. The number of non-ortho nitro benzene ring substituents is 1. The zero-order valence-electron chi connectivity index (χ0n) is 17.5. The van der Waals surface area contributed by atoms with Crippen LogP contribution in [0, 0.1) is 16.0 Å². The van der Waals surface area contributed by atoms with Crippen molar-refractivity contribution >= 4 is 23.2 Å². The molecule has 1 amide bonds. The summed E-state index contributed by atoms with van der Waals surface area (Å²) in [6.07, 6.45) is 6.63. The summed E-state index contributed by atoms with van der Waals surface area (Å²) in [5.41, 5.74) is 1.81. The first-order valence-corrected chi connectivity index (χ1v) is 11.4. The first kappa shape index (κ1) is 21.8. The first-order chi connectivity index (χ1) is 15.0. The quantitative estimate of drug-likeness (QED) is 0.513. The maximum absolute atomic E-state index is 12.7. The highest BCUT2D eigenvalue weighted by Gasteiger charge is 2.35. The van der Waals surface area contributed by atoms with Crippen LogP contribution in [0.25, 0.3) is 0 Å². The Hall–Kier alpha value is -2.44. The molecular formula is C24H28ClN3O3. The van der Waals surface area contributed by atoms with Crippen molar-refractivity contribution in [2.75, 3.05) is 13.1 Å². The molecule has 2 atom stereocenters. The van der Waals surface area contributed by atoms with E-state index in [1.807, 2.05) is 12.1 Å². The highest BCUT2D eigenvalue weighted by molar-refractivity contribution is 6.30. The van der Waals surface area contributed by atoms with E-state index >= 15 is 0 Å². The number of piperidine rings is 1. The number of carbonyl (C=O) groups is 1. The molecule has 0 aromatic heterocycles. The maximum atomic E-state index is 12.7. The molecule has 2 aromatic carbocycles. The Morgan fingerprint density at radius 1 is 1.03 bits per heavy atom. The van der Waals surface area contributed by atoms with Crippen molar-refractivity contribution in [1.29, 1.82) is 0 Å². The monoisotopic (exact) mass is 441 g/mol. The largest absolute Gasteiger partial charge is 0.348 e. The molecule has 2 fully saturated rings. The summed E-state index contributed by atoms with van der Waals surface area (Å²) in [6, 6.07) is 14.5. The van der Waals surface area contributed by atoms with Crippen molar-refractivity contribution in [3.8, 4) is 0 Å². The minimum atomic E-state index is -0.453. The van der Waals surface area contributed by atoms with Crippen LogP contribution in [0.5, 0.6) is 0 Å². The van der Waals surface area contributed by atoms with Gasteiger partial charge in [0.1, 0.15) is 0 Å². The fourth-order valence-electron chi connectivity index (χ4n) is 4.97. The summed E-state index contributed by atoms with van der Waals surface area (Å²) in [5, 5.41) is 14.8. The lowest BCUT2D eigenvalue weighted by Gasteiger charge is -2.38. The second-order valence-corrected chi connectivity index (χ2v) is 9.13. The molecular weight excluding hydrogens is 414 g/mol. The zero-order chi connectivity index (χ0) is 21.8. The summed E-state index contributed by atoms with van der Waals surface area (Å²) in [7, 11) is 0. The second-order valence-electron chi connectivity index (χ2n) is 8.69. The Labute approximate surface area is 187 Å². The van der Waals surface area contributed by atoms with E-state index in [2.05, 4.69) is 22.3 Å². The van der Waals surface area contributed by atoms with Crippen molar-refractivity contribution in [3.05, 3.63) is 74.8 Å². The second kappa shape index (κ2) is 9.79. The molecule has 1 saturated carbocycles. The van der Waals surface area contributed by atoms with Crippen molar-refractivity contribution in [3.63, 3.8) is 0 Å². The SMILES string of the molecule is O=C(N[C@@H]1CCC[C@H]1N1CCC(Cc2ccc(Cl)cc2)CC1)c1ccc([N+](=O)[O-])cc1. The molecule has 164 valence electrons. The molecule has 2 aromatic rings. The van der Waals surface area contributed by atoms with Gasteiger partial charge in [-0.2, -0.15) is 0 Å². The standard InChI is InChI=1S/C24H28ClN3O3/c25-20-8-4-17(5-9-20)16-18-12-14-27(15-13-18)23-3-1-2-22(23)26-24(29)19-6-10-21(11-7-19)28(30)31/h4-11,18,22-23H,1-3,12-16H2,(H,26,29)/t22-,23-/m1/s1. The third-order valence-corrected chi connectivity index (χ3v) is 6.94. The normalized spacial score (nSPS) is 22.4. The topological polar surface area (TPSA) is 75.5 Å². The lowest BCUT2D eigenvalue weighted by Crippen LogP contribution is -2.51. The Morgan fingerprint density at radius 2 is 1.71 bits per heavy atom. The minimum absolute atomic E-state index is 0.00300. The van der Waals surface area contributed by atoms with Gasteiger partial charge in [-0.05, 0) is 87.4 Å². The molecule has 31 heavy (non-hydrogen) atoms. The smallest absolute Gasteiger partial charge is 0.269 e. The molecule has 7 heteroatoms. The van der Waals surface area contributed by atoms with Crippen molar-refractivity contribution in [2.24, 2.45) is 5.92 Å². The van der Waals surface area contributed by atoms with Crippen LogP contribution in [0.2, 0.25) is 5.02 Å². The van der Waals surface area contributed by atoms with Gasteiger partial charge in [0.15, 0.2) is 0 Å². The van der Waals surface area contributed by atoms with Gasteiger partial charge >= 0.3 is 0 Å². The molecule has 1 aliphatic carbocycles.